The van der Waals surface area contributed by atoms with Gasteiger partial charge in [0.25, 0.3) is 5.69 Å². The number of non-ortho nitro benzene ring substituents is 1. The monoisotopic (exact) mass is 347 g/mol. The molecule has 0 spiro atoms. The average molecular weight is 348 g/mol. The van der Waals surface area contributed by atoms with Gasteiger partial charge in [-0.3, -0.25) is 19.7 Å². The first-order valence-corrected chi connectivity index (χ1v) is 7.29. The molecule has 7 nitrogen and oxygen atoms in total. The van der Waals surface area contributed by atoms with E-state index < -0.39 is 16.7 Å². The van der Waals surface area contributed by atoms with E-state index in [-0.39, 0.29) is 11.4 Å². The molecule has 124 valence electrons. The van der Waals surface area contributed by atoms with Crippen LogP contribution in [0.3, 0.4) is 0 Å². The van der Waals surface area contributed by atoms with E-state index in [0.717, 1.165) is 17.2 Å². The van der Waals surface area contributed by atoms with E-state index in [2.05, 4.69) is 10.6 Å². The fourth-order valence-corrected chi connectivity index (χ4v) is 2.50. The topological polar surface area (TPSA) is 101 Å². The van der Waals surface area contributed by atoms with Crippen LogP contribution in [0.25, 0.3) is 0 Å². The van der Waals surface area contributed by atoms with Crippen LogP contribution in [0.4, 0.5) is 17.1 Å². The van der Waals surface area contributed by atoms with Crippen LogP contribution in [-0.4, -0.2) is 16.7 Å². The summed E-state index contributed by atoms with van der Waals surface area (Å²) >= 11 is 6.08. The molecule has 2 rings (SSSR count). The molecule has 0 heterocycles. The Hall–Kier alpha value is -2.93. The van der Waals surface area contributed by atoms with E-state index in [0.29, 0.717) is 10.7 Å². The highest BCUT2D eigenvalue weighted by atomic mass is 35.5. The number of aryl methyl sites for hydroxylation is 2. The molecule has 0 saturated heterocycles. The van der Waals surface area contributed by atoms with Gasteiger partial charge >= 0.3 is 11.8 Å². The predicted molar refractivity (Wildman–Crippen MR) is 91.3 cm³/mol. The first-order chi connectivity index (χ1) is 11.3. The summed E-state index contributed by atoms with van der Waals surface area (Å²) in [7, 11) is 0. The smallest absolute Gasteiger partial charge is 0.314 e. The quantitative estimate of drug-likeness (QED) is 0.504. The van der Waals surface area contributed by atoms with Crippen LogP contribution >= 0.6 is 11.6 Å². The first kappa shape index (κ1) is 17.4. The van der Waals surface area contributed by atoms with Crippen molar-refractivity contribution in [2.75, 3.05) is 10.6 Å². The maximum Gasteiger partial charge on any atom is 0.314 e. The Morgan fingerprint density at radius 2 is 1.75 bits per heavy atom. The zero-order valence-corrected chi connectivity index (χ0v) is 13.7. The summed E-state index contributed by atoms with van der Waals surface area (Å²) in [6.07, 6.45) is 0. The minimum atomic E-state index is -0.952. The summed E-state index contributed by atoms with van der Waals surface area (Å²) in [5.74, 6) is -1.87. The van der Waals surface area contributed by atoms with Gasteiger partial charge in [0.15, 0.2) is 0 Å². The van der Waals surface area contributed by atoms with Crippen LogP contribution in [0.1, 0.15) is 11.1 Å². The summed E-state index contributed by atoms with van der Waals surface area (Å²) < 4.78 is 0. The van der Waals surface area contributed by atoms with Gasteiger partial charge < -0.3 is 10.6 Å². The zero-order valence-electron chi connectivity index (χ0n) is 12.9. The summed E-state index contributed by atoms with van der Waals surface area (Å²) in [6.45, 7) is 3.62. The molecule has 0 bridgehead atoms. The van der Waals surface area contributed by atoms with Crippen molar-refractivity contribution in [3.05, 3.63) is 62.7 Å². The Kier molecular flexibility index (Phi) is 5.15. The number of nitro groups is 1. The Morgan fingerprint density at radius 1 is 1.08 bits per heavy atom. The Labute approximate surface area is 142 Å². The third-order valence-corrected chi connectivity index (χ3v) is 3.49. The van der Waals surface area contributed by atoms with Crippen molar-refractivity contribution in [3.8, 4) is 0 Å². The summed E-state index contributed by atoms with van der Waals surface area (Å²) in [5, 5.41) is 15.8. The third kappa shape index (κ3) is 4.08. The number of benzene rings is 2. The molecule has 0 atom stereocenters. The third-order valence-electron chi connectivity index (χ3n) is 3.19. The van der Waals surface area contributed by atoms with Crippen LogP contribution in [0.5, 0.6) is 0 Å². The minimum absolute atomic E-state index is 0.149. The summed E-state index contributed by atoms with van der Waals surface area (Å²) in [4.78, 5) is 34.1. The zero-order chi connectivity index (χ0) is 17.9. The molecule has 0 aliphatic heterocycles. The number of carbonyl (C=O) groups excluding carboxylic acids is 2. The van der Waals surface area contributed by atoms with Gasteiger partial charge in [-0.15, -0.1) is 0 Å². The predicted octanol–water partition coefficient (Wildman–Crippen LogP) is 3.44. The summed E-state index contributed by atoms with van der Waals surface area (Å²) in [6, 6.07) is 8.79. The van der Waals surface area contributed by atoms with Gasteiger partial charge in [-0.25, -0.2) is 0 Å². The molecule has 2 aromatic carbocycles. The van der Waals surface area contributed by atoms with Gasteiger partial charge in [-0.2, -0.15) is 0 Å². The second kappa shape index (κ2) is 7.10. The molecular weight excluding hydrogens is 334 g/mol. The normalized spacial score (nSPS) is 10.1. The van der Waals surface area contributed by atoms with E-state index in [1.165, 1.54) is 18.2 Å². The Morgan fingerprint density at radius 3 is 2.38 bits per heavy atom. The minimum Gasteiger partial charge on any atom is -0.318 e. The van der Waals surface area contributed by atoms with Gasteiger partial charge in [0, 0.05) is 17.8 Å². The lowest BCUT2D eigenvalue weighted by molar-refractivity contribution is -0.384. The molecule has 0 unspecified atom stereocenters. The Bertz CT molecular complexity index is 813. The number of amides is 2. The van der Waals surface area contributed by atoms with Crippen molar-refractivity contribution < 1.29 is 14.5 Å². The molecule has 2 N–H and O–H groups in total. The van der Waals surface area contributed by atoms with Gasteiger partial charge in [0.2, 0.25) is 0 Å². The number of hydrogen-bond acceptors (Lipinski definition) is 4. The van der Waals surface area contributed by atoms with Gasteiger partial charge in [0.05, 0.1) is 15.6 Å². The Balaban J connectivity index is 2.12. The lowest BCUT2D eigenvalue weighted by atomic mass is 10.1. The number of hydrogen-bond donors (Lipinski definition) is 2. The van der Waals surface area contributed by atoms with Gasteiger partial charge in [-0.05, 0) is 37.1 Å². The molecular formula is C16H14ClN3O4. The van der Waals surface area contributed by atoms with Crippen LogP contribution in [0, 0.1) is 24.0 Å². The molecule has 0 fully saturated rings. The molecule has 0 aliphatic rings. The molecule has 0 saturated carbocycles. The highest BCUT2D eigenvalue weighted by Gasteiger charge is 2.18. The second-order valence-corrected chi connectivity index (χ2v) is 5.56. The van der Waals surface area contributed by atoms with Crippen molar-refractivity contribution in [1.29, 1.82) is 0 Å². The van der Waals surface area contributed by atoms with Crippen LogP contribution in [0.15, 0.2) is 36.4 Å². The highest BCUT2D eigenvalue weighted by Crippen LogP contribution is 2.27. The van der Waals surface area contributed by atoms with Crippen LogP contribution in [0.2, 0.25) is 5.02 Å². The summed E-state index contributed by atoms with van der Waals surface area (Å²) in [5.41, 5.74) is 1.95. The number of nitrogens with one attached hydrogen (secondary N) is 2. The number of anilines is 2. The van der Waals surface area contributed by atoms with Crippen LogP contribution in [-0.2, 0) is 9.59 Å². The standard InChI is InChI=1S/C16H14ClN3O4/c1-9-6-10(2)14(13(17)7-9)19-16(22)15(21)18-11-4-3-5-12(8-11)20(23)24/h3-8H,1-2H3,(H,18,21)(H,19,22). The van der Waals surface area contributed by atoms with Crippen molar-refractivity contribution >= 4 is 40.5 Å². The number of rotatable bonds is 3. The van der Waals surface area contributed by atoms with Crippen molar-refractivity contribution in [2.24, 2.45) is 0 Å². The van der Waals surface area contributed by atoms with E-state index >= 15 is 0 Å². The molecule has 0 radical (unpaired) electrons. The first-order valence-electron chi connectivity index (χ1n) is 6.91. The molecule has 2 aromatic rings. The lowest BCUT2D eigenvalue weighted by Crippen LogP contribution is -2.29. The van der Waals surface area contributed by atoms with E-state index in [4.69, 9.17) is 11.6 Å². The number of halogens is 1. The molecule has 24 heavy (non-hydrogen) atoms. The van der Waals surface area contributed by atoms with E-state index in [9.17, 15) is 19.7 Å². The molecule has 0 aliphatic carbocycles. The average Bonchev–Trinajstić information content (AvgIpc) is 2.50. The molecule has 2 amide bonds. The molecule has 0 aromatic heterocycles. The largest absolute Gasteiger partial charge is 0.318 e. The number of nitro benzene ring substituents is 1. The van der Waals surface area contributed by atoms with Gasteiger partial charge in [-0.1, -0.05) is 23.7 Å². The maximum atomic E-state index is 12.0. The van der Waals surface area contributed by atoms with E-state index in [1.54, 1.807) is 13.0 Å². The van der Waals surface area contributed by atoms with Crippen LogP contribution < -0.4 is 10.6 Å². The maximum absolute atomic E-state index is 12.0. The van der Waals surface area contributed by atoms with Crippen molar-refractivity contribution in [2.45, 2.75) is 13.8 Å². The van der Waals surface area contributed by atoms with E-state index in [1.807, 2.05) is 13.0 Å². The lowest BCUT2D eigenvalue weighted by Gasteiger charge is -2.11. The SMILES string of the molecule is Cc1cc(C)c(NC(=O)C(=O)Nc2cccc([N+](=O)[O-])c2)c(Cl)c1. The second-order valence-electron chi connectivity index (χ2n) is 5.15. The number of carbonyl (C=O) groups is 2. The van der Waals surface area contributed by atoms with Crippen molar-refractivity contribution in [3.63, 3.8) is 0 Å². The van der Waals surface area contributed by atoms with Crippen molar-refractivity contribution in [1.82, 2.24) is 0 Å². The number of nitrogens with zero attached hydrogens (tertiary/aromatic N) is 1. The fraction of sp³-hybridized carbons (Fsp3) is 0.125. The molecule has 8 heteroatoms. The fourth-order valence-electron chi connectivity index (χ4n) is 2.13. The highest BCUT2D eigenvalue weighted by molar-refractivity contribution is 6.45. The van der Waals surface area contributed by atoms with Gasteiger partial charge in [0.1, 0.15) is 0 Å².